The Morgan fingerprint density at radius 1 is 1.13 bits per heavy atom. The lowest BCUT2D eigenvalue weighted by atomic mass is 10.1. The number of ether oxygens (including phenoxy) is 3. The van der Waals surface area contributed by atoms with E-state index in [1.165, 1.54) is 0 Å². The number of anilines is 3. The molecular formula is C26H26N8O4. The minimum atomic E-state index is -0.487. The Kier molecular flexibility index (Phi) is 6.57. The summed E-state index contributed by atoms with van der Waals surface area (Å²) in [6, 6.07) is 10.4. The van der Waals surface area contributed by atoms with E-state index in [4.69, 9.17) is 24.9 Å². The van der Waals surface area contributed by atoms with Crippen molar-refractivity contribution in [3.8, 4) is 29.0 Å². The molecule has 38 heavy (non-hydrogen) atoms. The van der Waals surface area contributed by atoms with Crippen molar-refractivity contribution in [1.82, 2.24) is 19.5 Å². The van der Waals surface area contributed by atoms with Crippen LogP contribution in [0.3, 0.4) is 0 Å². The fourth-order valence-corrected chi connectivity index (χ4v) is 4.58. The molecule has 1 aliphatic rings. The van der Waals surface area contributed by atoms with Gasteiger partial charge in [0.15, 0.2) is 11.5 Å². The average Bonchev–Trinajstić information content (AvgIpc) is 3.62. The molecule has 1 atom stereocenters. The number of aromatic nitrogens is 4. The van der Waals surface area contributed by atoms with Crippen LogP contribution in [-0.4, -0.2) is 59.3 Å². The molecule has 1 saturated heterocycles. The monoisotopic (exact) mass is 514 g/mol. The second-order valence-corrected chi connectivity index (χ2v) is 8.64. The number of rotatable bonds is 8. The fourth-order valence-electron chi connectivity index (χ4n) is 4.58. The van der Waals surface area contributed by atoms with Crippen molar-refractivity contribution in [3.63, 3.8) is 0 Å². The van der Waals surface area contributed by atoms with Crippen LogP contribution in [0.15, 0.2) is 42.9 Å². The maximum absolute atomic E-state index is 12.0. The molecule has 0 bridgehead atoms. The van der Waals surface area contributed by atoms with Gasteiger partial charge in [-0.3, -0.25) is 4.79 Å². The van der Waals surface area contributed by atoms with Crippen molar-refractivity contribution in [1.29, 1.82) is 5.26 Å². The largest absolute Gasteiger partial charge is 0.493 e. The molecule has 0 radical (unpaired) electrons. The van der Waals surface area contributed by atoms with Crippen LogP contribution in [0.4, 0.5) is 17.6 Å². The van der Waals surface area contributed by atoms with Crippen molar-refractivity contribution >= 4 is 34.4 Å². The summed E-state index contributed by atoms with van der Waals surface area (Å²) in [5.41, 5.74) is 7.40. The Hall–Kier alpha value is -5.05. The summed E-state index contributed by atoms with van der Waals surface area (Å²) in [7, 11) is 4.66. The molecular weight excluding hydrogens is 488 g/mol. The van der Waals surface area contributed by atoms with Gasteiger partial charge in [0.2, 0.25) is 17.6 Å². The van der Waals surface area contributed by atoms with Crippen LogP contribution in [0.1, 0.15) is 18.4 Å². The number of fused-ring (bicyclic) bond motifs is 1. The number of amides is 1. The smallest absolute Gasteiger partial charge is 0.240 e. The number of hydrogen-bond acceptors (Lipinski definition) is 10. The van der Waals surface area contributed by atoms with E-state index in [0.717, 1.165) is 12.1 Å². The first-order chi connectivity index (χ1) is 18.4. The van der Waals surface area contributed by atoms with Crippen molar-refractivity contribution in [3.05, 3.63) is 48.4 Å². The van der Waals surface area contributed by atoms with Gasteiger partial charge in [-0.25, -0.2) is 9.97 Å². The van der Waals surface area contributed by atoms with Crippen LogP contribution in [-0.2, 0) is 4.79 Å². The summed E-state index contributed by atoms with van der Waals surface area (Å²) in [4.78, 5) is 27.7. The first kappa shape index (κ1) is 24.6. The number of nitrogens with zero attached hydrogens (tertiary/aromatic N) is 6. The van der Waals surface area contributed by atoms with Gasteiger partial charge in [-0.05, 0) is 31.0 Å². The molecule has 12 heteroatoms. The summed E-state index contributed by atoms with van der Waals surface area (Å²) in [5.74, 6) is 2.46. The maximum Gasteiger partial charge on any atom is 0.240 e. The summed E-state index contributed by atoms with van der Waals surface area (Å²) in [6.45, 7) is 0.603. The zero-order chi connectivity index (χ0) is 26.8. The molecule has 1 amide bonds. The number of benzene rings is 2. The molecule has 0 saturated carbocycles. The van der Waals surface area contributed by atoms with Crippen LogP contribution in [0, 0.1) is 11.3 Å². The number of nitriles is 1. The fraction of sp³-hybridized carbons (Fsp3) is 0.269. The first-order valence-electron chi connectivity index (χ1n) is 11.8. The van der Waals surface area contributed by atoms with Gasteiger partial charge in [-0.1, -0.05) is 0 Å². The van der Waals surface area contributed by atoms with Gasteiger partial charge in [-0.15, -0.1) is 0 Å². The highest BCUT2D eigenvalue weighted by Gasteiger charge is 2.31. The lowest BCUT2D eigenvalue weighted by Crippen LogP contribution is -2.41. The van der Waals surface area contributed by atoms with E-state index >= 15 is 0 Å². The highest BCUT2D eigenvalue weighted by atomic mass is 16.5. The van der Waals surface area contributed by atoms with Crippen molar-refractivity contribution in [2.24, 2.45) is 5.73 Å². The maximum atomic E-state index is 12.0. The highest BCUT2D eigenvalue weighted by Crippen LogP contribution is 2.39. The molecule has 1 aliphatic heterocycles. The molecule has 12 nitrogen and oxygen atoms in total. The van der Waals surface area contributed by atoms with E-state index in [-0.39, 0.29) is 0 Å². The van der Waals surface area contributed by atoms with Crippen LogP contribution < -0.4 is 30.2 Å². The number of carbonyl (C=O) groups is 1. The third-order valence-electron chi connectivity index (χ3n) is 6.43. The molecule has 194 valence electrons. The normalized spacial score (nSPS) is 14.8. The van der Waals surface area contributed by atoms with Gasteiger partial charge in [0.25, 0.3) is 0 Å². The molecule has 0 spiro atoms. The third kappa shape index (κ3) is 4.45. The topological polar surface area (TPSA) is 153 Å². The molecule has 0 aliphatic carbocycles. The number of carbonyl (C=O) groups excluding carboxylic acids is 1. The molecule has 3 N–H and O–H groups in total. The van der Waals surface area contributed by atoms with E-state index in [9.17, 15) is 10.1 Å². The van der Waals surface area contributed by atoms with Gasteiger partial charge < -0.3 is 34.7 Å². The average molecular weight is 515 g/mol. The molecule has 4 aromatic rings. The summed E-state index contributed by atoms with van der Waals surface area (Å²) >= 11 is 0. The van der Waals surface area contributed by atoms with E-state index in [2.05, 4.69) is 21.4 Å². The Labute approximate surface area is 218 Å². The predicted molar refractivity (Wildman–Crippen MR) is 140 cm³/mol. The van der Waals surface area contributed by atoms with E-state index in [0.29, 0.717) is 64.3 Å². The second-order valence-electron chi connectivity index (χ2n) is 8.64. The second kappa shape index (κ2) is 10.1. The summed E-state index contributed by atoms with van der Waals surface area (Å²) in [6.07, 6.45) is 4.87. The molecule has 0 unspecified atom stereocenters. The van der Waals surface area contributed by atoms with E-state index < -0.39 is 11.9 Å². The summed E-state index contributed by atoms with van der Waals surface area (Å²) < 4.78 is 18.1. The van der Waals surface area contributed by atoms with Crippen LogP contribution in [0.2, 0.25) is 0 Å². The standard InChI is InChI=1S/C26H26N8O4/c1-36-20-10-16(11-21(37-2)23(20)38-3)33-13-22(29-14-33)31-25-17-7-6-15(12-27)9-18(17)30-26(32-25)34-8-4-5-19(34)24(28)35/h6-7,9-11,13-14,19H,4-5,8H2,1-3H3,(H2,28,35)(H,30,31,32)/t19-/m0/s1. The first-order valence-corrected chi connectivity index (χ1v) is 11.8. The van der Waals surface area contributed by atoms with Gasteiger partial charge >= 0.3 is 0 Å². The zero-order valence-corrected chi connectivity index (χ0v) is 21.1. The van der Waals surface area contributed by atoms with Crippen LogP contribution in [0.5, 0.6) is 17.2 Å². The number of nitrogens with one attached hydrogen (secondary N) is 1. The van der Waals surface area contributed by atoms with Crippen LogP contribution in [0.25, 0.3) is 16.6 Å². The van der Waals surface area contributed by atoms with Gasteiger partial charge in [0.05, 0.1) is 50.4 Å². The van der Waals surface area contributed by atoms with E-state index in [1.54, 1.807) is 61.5 Å². The Bertz CT molecular complexity index is 1540. The lowest BCUT2D eigenvalue weighted by molar-refractivity contribution is -0.119. The van der Waals surface area contributed by atoms with Crippen LogP contribution >= 0.6 is 0 Å². The Morgan fingerprint density at radius 2 is 1.89 bits per heavy atom. The third-order valence-corrected chi connectivity index (χ3v) is 6.43. The van der Waals surface area contributed by atoms with Crippen molar-refractivity contribution in [2.45, 2.75) is 18.9 Å². The van der Waals surface area contributed by atoms with Gasteiger partial charge in [-0.2, -0.15) is 10.2 Å². The quantitative estimate of drug-likeness (QED) is 0.359. The predicted octanol–water partition coefficient (Wildman–Crippen LogP) is 2.91. The van der Waals surface area contributed by atoms with Crippen molar-refractivity contribution in [2.75, 3.05) is 38.1 Å². The number of hydrogen-bond donors (Lipinski definition) is 2. The molecule has 5 rings (SSSR count). The number of imidazole rings is 1. The number of methoxy groups -OCH3 is 3. The molecule has 2 aromatic heterocycles. The SMILES string of the molecule is COc1cc(-n2cnc(Nc3nc(N4CCC[C@H]4C(N)=O)nc4cc(C#N)ccc34)c2)cc(OC)c1OC. The summed E-state index contributed by atoms with van der Waals surface area (Å²) in [5, 5.41) is 13.4. The number of primary amides is 1. The molecule has 2 aromatic carbocycles. The Morgan fingerprint density at radius 3 is 2.55 bits per heavy atom. The number of nitrogens with two attached hydrogens (primary N) is 1. The van der Waals surface area contributed by atoms with E-state index in [1.807, 2.05) is 12.1 Å². The minimum absolute atomic E-state index is 0.362. The lowest BCUT2D eigenvalue weighted by Gasteiger charge is -2.23. The highest BCUT2D eigenvalue weighted by molar-refractivity contribution is 5.93. The van der Waals surface area contributed by atoms with Crippen molar-refractivity contribution < 1.29 is 19.0 Å². The van der Waals surface area contributed by atoms with Gasteiger partial charge in [0, 0.05) is 24.1 Å². The zero-order valence-electron chi connectivity index (χ0n) is 21.1. The minimum Gasteiger partial charge on any atom is -0.493 e. The van der Waals surface area contributed by atoms with Gasteiger partial charge in [0.1, 0.15) is 24.0 Å². The molecule has 1 fully saturated rings. The Balaban J connectivity index is 1.54. The molecule has 3 heterocycles.